The van der Waals surface area contributed by atoms with Gasteiger partial charge in [0, 0.05) is 35.6 Å². The summed E-state index contributed by atoms with van der Waals surface area (Å²) in [7, 11) is 0. The van der Waals surface area contributed by atoms with Crippen LogP contribution in [0, 0.1) is 0 Å². The molecule has 8 nitrogen and oxygen atoms in total. The van der Waals surface area contributed by atoms with Crippen molar-refractivity contribution in [2.24, 2.45) is 0 Å². The molecule has 0 saturated carbocycles. The van der Waals surface area contributed by atoms with Crippen molar-refractivity contribution in [2.75, 3.05) is 43.5 Å². The van der Waals surface area contributed by atoms with Crippen LogP contribution in [0.2, 0.25) is 0 Å². The number of anilines is 2. The Morgan fingerprint density at radius 2 is 1.48 bits per heavy atom. The van der Waals surface area contributed by atoms with E-state index in [9.17, 15) is 14.4 Å². The lowest BCUT2D eigenvalue weighted by molar-refractivity contribution is -0.118. The van der Waals surface area contributed by atoms with E-state index in [0.29, 0.717) is 42.5 Å². The van der Waals surface area contributed by atoms with Gasteiger partial charge in [-0.2, -0.15) is 0 Å². The molecule has 0 unspecified atom stereocenters. The van der Waals surface area contributed by atoms with Crippen LogP contribution in [0.15, 0.2) is 65.1 Å². The predicted molar refractivity (Wildman–Crippen MR) is 124 cm³/mol. The molecule has 2 amide bonds. The molecular weight excluding hydrogens is 422 g/mol. The highest BCUT2D eigenvalue weighted by molar-refractivity contribution is 6.03. The number of hydrogen-bond donors (Lipinski definition) is 2. The van der Waals surface area contributed by atoms with E-state index in [1.807, 2.05) is 4.90 Å². The first-order valence-electron chi connectivity index (χ1n) is 10.7. The number of carbonyl (C=O) groups is 3. The van der Waals surface area contributed by atoms with Gasteiger partial charge in [-0.1, -0.05) is 24.3 Å². The molecule has 4 rings (SSSR count). The van der Waals surface area contributed by atoms with E-state index in [-0.39, 0.29) is 23.4 Å². The molecule has 1 aliphatic heterocycles. The molecule has 170 valence electrons. The number of nitrogens with one attached hydrogen (secondary N) is 2. The van der Waals surface area contributed by atoms with Gasteiger partial charge in [0.25, 0.3) is 5.91 Å². The average molecular weight is 447 g/mol. The predicted octanol–water partition coefficient (Wildman–Crippen LogP) is 3.67. The van der Waals surface area contributed by atoms with Crippen LogP contribution in [0.5, 0.6) is 0 Å². The largest absolute Gasteiger partial charge is 0.451 e. The van der Waals surface area contributed by atoms with Crippen molar-refractivity contribution in [2.45, 2.75) is 6.92 Å². The Bertz CT molecular complexity index is 1130. The van der Waals surface area contributed by atoms with Crippen molar-refractivity contribution >= 4 is 29.0 Å². The van der Waals surface area contributed by atoms with E-state index in [0.717, 1.165) is 18.7 Å². The summed E-state index contributed by atoms with van der Waals surface area (Å²) in [5, 5.41) is 5.64. The number of ether oxygens (including phenoxy) is 1. The second-order valence-corrected chi connectivity index (χ2v) is 7.77. The van der Waals surface area contributed by atoms with Gasteiger partial charge in [-0.15, -0.1) is 0 Å². The van der Waals surface area contributed by atoms with Crippen molar-refractivity contribution < 1.29 is 23.5 Å². The summed E-state index contributed by atoms with van der Waals surface area (Å²) in [6, 6.07) is 17.2. The van der Waals surface area contributed by atoms with Crippen LogP contribution < -0.4 is 10.6 Å². The Hall–Kier alpha value is -3.75. The second kappa shape index (κ2) is 10.2. The number of hydrogen-bond acceptors (Lipinski definition) is 6. The molecular formula is C25H25N3O5. The monoisotopic (exact) mass is 447 g/mol. The molecule has 0 bridgehead atoms. The van der Waals surface area contributed by atoms with Crippen LogP contribution in [-0.4, -0.2) is 55.3 Å². The first kappa shape index (κ1) is 22.4. The molecule has 1 aliphatic rings. The molecule has 0 spiro atoms. The molecule has 2 aromatic carbocycles. The summed E-state index contributed by atoms with van der Waals surface area (Å²) in [5.74, 6) is 0.222. The molecule has 33 heavy (non-hydrogen) atoms. The molecule has 0 atom stereocenters. The molecule has 8 heteroatoms. The summed E-state index contributed by atoms with van der Waals surface area (Å²) in [6.45, 7) is 4.61. The van der Waals surface area contributed by atoms with Gasteiger partial charge >= 0.3 is 0 Å². The number of ketones is 1. The summed E-state index contributed by atoms with van der Waals surface area (Å²) in [6.07, 6.45) is 0. The number of benzene rings is 2. The fourth-order valence-corrected chi connectivity index (χ4v) is 3.48. The molecule has 0 aliphatic carbocycles. The lowest BCUT2D eigenvalue weighted by atomic mass is 10.1. The van der Waals surface area contributed by atoms with E-state index in [1.165, 1.54) is 6.92 Å². The van der Waals surface area contributed by atoms with Gasteiger partial charge in [-0.3, -0.25) is 19.3 Å². The van der Waals surface area contributed by atoms with Gasteiger partial charge < -0.3 is 19.8 Å². The third kappa shape index (κ3) is 5.94. The van der Waals surface area contributed by atoms with Crippen LogP contribution in [0.25, 0.3) is 11.3 Å². The first-order valence-corrected chi connectivity index (χ1v) is 10.7. The SMILES string of the molecule is CC(=O)c1ccc(-c2ccc(C(=O)Nc3ccc(NC(=O)CN4CCOCC4)cc3)o2)cc1. The third-order valence-electron chi connectivity index (χ3n) is 5.30. The number of amides is 2. The van der Waals surface area contributed by atoms with Gasteiger partial charge in [-0.05, 0) is 43.3 Å². The molecule has 3 aromatic rings. The van der Waals surface area contributed by atoms with E-state index >= 15 is 0 Å². The maximum absolute atomic E-state index is 12.6. The Morgan fingerprint density at radius 1 is 0.848 bits per heavy atom. The minimum Gasteiger partial charge on any atom is -0.451 e. The van der Waals surface area contributed by atoms with E-state index in [1.54, 1.807) is 60.7 Å². The summed E-state index contributed by atoms with van der Waals surface area (Å²) < 4.78 is 11.0. The zero-order valence-electron chi connectivity index (χ0n) is 18.3. The maximum atomic E-state index is 12.6. The summed E-state index contributed by atoms with van der Waals surface area (Å²) >= 11 is 0. The molecule has 1 fully saturated rings. The first-order chi connectivity index (χ1) is 16.0. The van der Waals surface area contributed by atoms with E-state index in [4.69, 9.17) is 9.15 Å². The van der Waals surface area contributed by atoms with Gasteiger partial charge in [0.05, 0.1) is 19.8 Å². The van der Waals surface area contributed by atoms with Crippen LogP contribution in [-0.2, 0) is 9.53 Å². The molecule has 1 saturated heterocycles. The third-order valence-corrected chi connectivity index (χ3v) is 5.30. The standard InChI is InChI=1S/C25H25N3O5/c1-17(29)18-2-4-19(5-3-18)22-10-11-23(33-22)25(31)27-21-8-6-20(7-9-21)26-24(30)16-28-12-14-32-15-13-28/h2-11H,12-16H2,1H3,(H,26,30)(H,27,31). The number of rotatable bonds is 7. The minimum atomic E-state index is -0.384. The van der Waals surface area contributed by atoms with Crippen molar-refractivity contribution in [3.63, 3.8) is 0 Å². The van der Waals surface area contributed by atoms with Crippen molar-refractivity contribution in [1.29, 1.82) is 0 Å². The van der Waals surface area contributed by atoms with Crippen LogP contribution >= 0.6 is 0 Å². The Morgan fingerprint density at radius 3 is 2.12 bits per heavy atom. The molecule has 0 radical (unpaired) electrons. The van der Waals surface area contributed by atoms with E-state index in [2.05, 4.69) is 10.6 Å². The number of carbonyl (C=O) groups excluding carboxylic acids is 3. The Labute approximate surface area is 191 Å². The highest BCUT2D eigenvalue weighted by atomic mass is 16.5. The molecule has 2 heterocycles. The van der Waals surface area contributed by atoms with Crippen molar-refractivity contribution in [1.82, 2.24) is 4.90 Å². The number of furan rings is 1. The topological polar surface area (TPSA) is 101 Å². The van der Waals surface area contributed by atoms with Crippen molar-refractivity contribution in [3.05, 3.63) is 72.0 Å². The lowest BCUT2D eigenvalue weighted by Gasteiger charge is -2.25. The van der Waals surface area contributed by atoms with Gasteiger partial charge in [-0.25, -0.2) is 0 Å². The van der Waals surface area contributed by atoms with Crippen LogP contribution in [0.4, 0.5) is 11.4 Å². The fourth-order valence-electron chi connectivity index (χ4n) is 3.48. The molecule has 1 aromatic heterocycles. The zero-order valence-corrected chi connectivity index (χ0v) is 18.3. The number of nitrogens with zero attached hydrogens (tertiary/aromatic N) is 1. The summed E-state index contributed by atoms with van der Waals surface area (Å²) in [5.41, 5.74) is 2.62. The number of morpholine rings is 1. The van der Waals surface area contributed by atoms with Crippen molar-refractivity contribution in [3.8, 4) is 11.3 Å². The normalized spacial score (nSPS) is 14.0. The maximum Gasteiger partial charge on any atom is 0.291 e. The van der Waals surface area contributed by atoms with Crippen LogP contribution in [0.1, 0.15) is 27.8 Å². The summed E-state index contributed by atoms with van der Waals surface area (Å²) in [4.78, 5) is 38.2. The van der Waals surface area contributed by atoms with Crippen LogP contribution in [0.3, 0.4) is 0 Å². The van der Waals surface area contributed by atoms with Gasteiger partial charge in [0.15, 0.2) is 11.5 Å². The van der Waals surface area contributed by atoms with Gasteiger partial charge in [0.1, 0.15) is 5.76 Å². The average Bonchev–Trinajstić information content (AvgIpc) is 3.32. The van der Waals surface area contributed by atoms with E-state index < -0.39 is 0 Å². The lowest BCUT2D eigenvalue weighted by Crippen LogP contribution is -2.41. The number of Topliss-reactive ketones (excluding diaryl/α,β-unsaturated/α-hetero) is 1. The zero-order chi connectivity index (χ0) is 23.2. The quantitative estimate of drug-likeness (QED) is 0.536. The smallest absolute Gasteiger partial charge is 0.291 e. The fraction of sp³-hybridized carbons (Fsp3) is 0.240. The Balaban J connectivity index is 1.32. The van der Waals surface area contributed by atoms with Gasteiger partial charge in [0.2, 0.25) is 5.91 Å². The highest BCUT2D eigenvalue weighted by Crippen LogP contribution is 2.24. The molecule has 2 N–H and O–H groups in total. The highest BCUT2D eigenvalue weighted by Gasteiger charge is 2.15. The minimum absolute atomic E-state index is 0.0104. The Kier molecular flexibility index (Phi) is 6.97. The second-order valence-electron chi connectivity index (χ2n) is 7.77.